The standard InChI is InChI=1S/C37H34F6N8O3/c38-36(39,40)27-5-1-3-7-31(27)48-13-21-17-50(18-22(21)14-48)33(52)30-12-44-26(11-45-30)9-25-10-29(34(53)54)47-35(46-25)51-19-23-15-49(16-24(23)20-51)32-8-4-2-6-28(32)37(41,42)43/h1-8,10-12,21-24H,9,13-20H2,(H,53,54)/t21-,22+,23-,24+. The maximum absolute atomic E-state index is 13.7. The zero-order chi connectivity index (χ0) is 37.9. The fourth-order valence-electron chi connectivity index (χ4n) is 8.42. The fraction of sp³-hybridized carbons (Fsp3) is 0.405. The van der Waals surface area contributed by atoms with Gasteiger partial charge in [0.15, 0.2) is 5.69 Å². The van der Waals surface area contributed by atoms with Crippen LogP contribution in [-0.2, 0) is 18.8 Å². The number of benzene rings is 2. The molecule has 0 radical (unpaired) electrons. The van der Waals surface area contributed by atoms with Crippen LogP contribution in [0.15, 0.2) is 67.0 Å². The summed E-state index contributed by atoms with van der Waals surface area (Å²) in [6, 6.07) is 12.4. The van der Waals surface area contributed by atoms with E-state index in [-0.39, 0.29) is 64.7 Å². The van der Waals surface area contributed by atoms with Crippen molar-refractivity contribution in [1.82, 2.24) is 24.8 Å². The van der Waals surface area contributed by atoms with Gasteiger partial charge in [-0.25, -0.2) is 19.7 Å². The number of likely N-dealkylation sites (tertiary alicyclic amines) is 1. The summed E-state index contributed by atoms with van der Waals surface area (Å²) in [6.07, 6.45) is -6.06. The van der Waals surface area contributed by atoms with Gasteiger partial charge in [-0.2, -0.15) is 26.3 Å². The van der Waals surface area contributed by atoms with E-state index in [9.17, 15) is 41.0 Å². The molecule has 2 aromatic heterocycles. The molecule has 4 aromatic rings. The summed E-state index contributed by atoms with van der Waals surface area (Å²) in [5.74, 6) is -1.28. The van der Waals surface area contributed by atoms with E-state index in [4.69, 9.17) is 0 Å². The third kappa shape index (κ3) is 6.86. The van der Waals surface area contributed by atoms with Crippen LogP contribution >= 0.6 is 0 Å². The van der Waals surface area contributed by atoms with E-state index in [0.29, 0.717) is 63.7 Å². The van der Waals surface area contributed by atoms with Crippen molar-refractivity contribution in [2.75, 3.05) is 67.1 Å². The maximum atomic E-state index is 13.7. The first-order chi connectivity index (χ1) is 25.7. The smallest absolute Gasteiger partial charge is 0.418 e. The number of para-hydroxylation sites is 2. The van der Waals surface area contributed by atoms with E-state index in [0.717, 1.165) is 12.1 Å². The number of nitrogens with zero attached hydrogens (tertiary/aromatic N) is 8. The maximum Gasteiger partial charge on any atom is 0.418 e. The summed E-state index contributed by atoms with van der Waals surface area (Å²) in [7, 11) is 0. The number of carbonyl (C=O) groups excluding carboxylic acids is 1. The lowest BCUT2D eigenvalue weighted by Crippen LogP contribution is -2.34. The zero-order valence-corrected chi connectivity index (χ0v) is 28.6. The average molecular weight is 753 g/mol. The molecule has 6 heterocycles. The number of rotatable bonds is 7. The van der Waals surface area contributed by atoms with Crippen LogP contribution in [0.2, 0.25) is 0 Å². The molecule has 4 saturated heterocycles. The number of hydrogen-bond acceptors (Lipinski definition) is 9. The van der Waals surface area contributed by atoms with Crippen LogP contribution in [-0.4, -0.2) is 94.2 Å². The molecule has 4 aliphatic heterocycles. The van der Waals surface area contributed by atoms with Gasteiger partial charge in [-0.3, -0.25) is 9.78 Å². The Balaban J connectivity index is 0.901. The van der Waals surface area contributed by atoms with Gasteiger partial charge in [0.2, 0.25) is 5.95 Å². The number of amides is 1. The molecule has 17 heteroatoms. The second-order valence-electron chi connectivity index (χ2n) is 14.4. The van der Waals surface area contributed by atoms with Crippen molar-refractivity contribution in [3.63, 3.8) is 0 Å². The second-order valence-corrected chi connectivity index (χ2v) is 14.4. The predicted molar refractivity (Wildman–Crippen MR) is 183 cm³/mol. The lowest BCUT2D eigenvalue weighted by Gasteiger charge is -2.26. The first-order valence-corrected chi connectivity index (χ1v) is 17.5. The first-order valence-electron chi connectivity index (χ1n) is 17.5. The topological polar surface area (TPSA) is 119 Å². The van der Waals surface area contributed by atoms with E-state index in [2.05, 4.69) is 19.9 Å². The zero-order valence-electron chi connectivity index (χ0n) is 28.6. The van der Waals surface area contributed by atoms with Gasteiger partial charge in [-0.05, 0) is 30.3 Å². The lowest BCUT2D eigenvalue weighted by atomic mass is 10.0. The molecule has 0 bridgehead atoms. The van der Waals surface area contributed by atoms with Crippen molar-refractivity contribution in [2.45, 2.75) is 18.8 Å². The fourth-order valence-corrected chi connectivity index (χ4v) is 8.42. The molecule has 1 N–H and O–H groups in total. The monoisotopic (exact) mass is 752 g/mol. The van der Waals surface area contributed by atoms with Crippen LogP contribution in [0.4, 0.5) is 43.7 Å². The van der Waals surface area contributed by atoms with E-state index in [1.165, 1.54) is 42.7 Å². The summed E-state index contributed by atoms with van der Waals surface area (Å²) in [4.78, 5) is 50.0. The van der Waals surface area contributed by atoms with Crippen molar-refractivity contribution in [2.24, 2.45) is 23.7 Å². The Labute approximate surface area is 305 Å². The Morgan fingerprint density at radius 3 is 1.61 bits per heavy atom. The Morgan fingerprint density at radius 2 is 1.13 bits per heavy atom. The van der Waals surface area contributed by atoms with Gasteiger partial charge in [0.25, 0.3) is 5.91 Å². The molecule has 1 amide bonds. The molecule has 4 aliphatic rings. The molecule has 54 heavy (non-hydrogen) atoms. The Kier molecular flexibility index (Phi) is 8.84. The summed E-state index contributed by atoms with van der Waals surface area (Å²) >= 11 is 0. The second kappa shape index (κ2) is 13.4. The minimum absolute atomic E-state index is 0.0121. The average Bonchev–Trinajstić information content (AvgIpc) is 3.91. The largest absolute Gasteiger partial charge is 0.477 e. The molecular formula is C37H34F6N8O3. The summed E-state index contributed by atoms with van der Waals surface area (Å²) in [5.41, 5.74) is -0.352. The quantitative estimate of drug-likeness (QED) is 0.247. The predicted octanol–water partition coefficient (Wildman–Crippen LogP) is 5.37. The highest BCUT2D eigenvalue weighted by Gasteiger charge is 2.45. The number of fused-ring (bicyclic) bond motifs is 2. The molecule has 282 valence electrons. The molecule has 4 fully saturated rings. The Bertz CT molecular complexity index is 2050. The molecule has 0 aliphatic carbocycles. The van der Waals surface area contributed by atoms with Gasteiger partial charge in [0, 0.05) is 100 Å². The van der Waals surface area contributed by atoms with E-state index in [1.807, 2.05) is 4.90 Å². The van der Waals surface area contributed by atoms with Gasteiger partial charge >= 0.3 is 18.3 Å². The number of anilines is 3. The molecule has 0 saturated carbocycles. The molecule has 2 aromatic carbocycles. The number of aromatic carboxylic acids is 1. The van der Waals surface area contributed by atoms with Gasteiger partial charge in [0.05, 0.1) is 28.7 Å². The molecule has 0 spiro atoms. The highest BCUT2D eigenvalue weighted by molar-refractivity contribution is 5.92. The van der Waals surface area contributed by atoms with Gasteiger partial charge in [-0.15, -0.1) is 0 Å². The SMILES string of the molecule is O=C(O)c1cc(Cc2cnc(C(=O)N3C[C@@H]4CN(c5ccccc5C(F)(F)F)C[C@@H]4C3)cn2)nc(N2C[C@@H]3CN(c4ccccc4C(F)(F)F)C[C@@H]3C2)n1. The Morgan fingerprint density at radius 1 is 0.630 bits per heavy atom. The van der Waals surface area contributed by atoms with Crippen molar-refractivity contribution in [3.05, 3.63) is 101 Å². The first kappa shape index (κ1) is 35.5. The third-order valence-corrected chi connectivity index (χ3v) is 10.9. The summed E-state index contributed by atoms with van der Waals surface area (Å²) in [6.45, 7) is 3.30. The van der Waals surface area contributed by atoms with Gasteiger partial charge < -0.3 is 24.7 Å². The van der Waals surface area contributed by atoms with Crippen LogP contribution in [0.1, 0.15) is 43.5 Å². The number of alkyl halides is 6. The van der Waals surface area contributed by atoms with Crippen molar-refractivity contribution in [1.29, 1.82) is 0 Å². The number of carboxylic acid groups (broad SMARTS) is 1. The van der Waals surface area contributed by atoms with Crippen LogP contribution in [0.25, 0.3) is 0 Å². The van der Waals surface area contributed by atoms with Crippen LogP contribution in [0.3, 0.4) is 0 Å². The molecule has 0 unspecified atom stereocenters. The van der Waals surface area contributed by atoms with Gasteiger partial charge in [-0.1, -0.05) is 24.3 Å². The van der Waals surface area contributed by atoms with Crippen LogP contribution in [0, 0.1) is 23.7 Å². The number of carbonyl (C=O) groups is 2. The molecular weight excluding hydrogens is 718 g/mol. The number of aromatic nitrogens is 4. The highest BCUT2D eigenvalue weighted by Crippen LogP contribution is 2.43. The normalized spacial score (nSPS) is 22.6. The molecule has 4 atom stereocenters. The van der Waals surface area contributed by atoms with E-state index in [1.54, 1.807) is 26.8 Å². The highest BCUT2D eigenvalue weighted by atomic mass is 19.4. The lowest BCUT2D eigenvalue weighted by molar-refractivity contribution is -0.137. The molecule has 8 rings (SSSR count). The minimum Gasteiger partial charge on any atom is -0.477 e. The van der Waals surface area contributed by atoms with Crippen molar-refractivity contribution < 1.29 is 41.0 Å². The van der Waals surface area contributed by atoms with Crippen molar-refractivity contribution in [3.8, 4) is 0 Å². The molecule has 11 nitrogen and oxygen atoms in total. The van der Waals surface area contributed by atoms with Gasteiger partial charge in [0.1, 0.15) is 5.69 Å². The number of hydrogen-bond donors (Lipinski definition) is 1. The Hall–Kier alpha value is -5.48. The number of halogens is 6. The minimum atomic E-state index is -4.47. The third-order valence-electron chi connectivity index (χ3n) is 10.9. The van der Waals surface area contributed by atoms with Crippen LogP contribution < -0.4 is 14.7 Å². The summed E-state index contributed by atoms with van der Waals surface area (Å²) in [5, 5.41) is 9.81. The summed E-state index contributed by atoms with van der Waals surface area (Å²) < 4.78 is 81.8. The van der Waals surface area contributed by atoms with E-state index < -0.39 is 29.4 Å². The van der Waals surface area contributed by atoms with Crippen LogP contribution in [0.5, 0.6) is 0 Å². The van der Waals surface area contributed by atoms with E-state index >= 15 is 0 Å². The van der Waals surface area contributed by atoms with Crippen molar-refractivity contribution >= 4 is 29.2 Å². The number of carboxylic acids is 1.